The molecule has 4 aromatic rings. The molecule has 0 bridgehead atoms. The maximum Gasteiger partial charge on any atom is 0.275 e. The fraction of sp³-hybridized carbons (Fsp3) is 0.143. The van der Waals surface area contributed by atoms with E-state index in [9.17, 15) is 9.18 Å². The van der Waals surface area contributed by atoms with Crippen LogP contribution < -0.4 is 4.90 Å². The Morgan fingerprint density at radius 3 is 2.72 bits per heavy atom. The van der Waals surface area contributed by atoms with Crippen LogP contribution in [0.3, 0.4) is 0 Å². The Balaban J connectivity index is 1.37. The van der Waals surface area contributed by atoms with Crippen LogP contribution in [0.4, 0.5) is 10.1 Å². The van der Waals surface area contributed by atoms with Gasteiger partial charge in [0, 0.05) is 24.4 Å². The van der Waals surface area contributed by atoms with Crippen molar-refractivity contribution >= 4 is 11.6 Å². The monoisotopic (exact) mass is 389 g/mol. The van der Waals surface area contributed by atoms with Crippen molar-refractivity contribution in [3.05, 3.63) is 72.3 Å². The largest absolute Gasteiger partial charge is 0.332 e. The Kier molecular flexibility index (Phi) is 4.16. The molecule has 1 aliphatic rings. The van der Waals surface area contributed by atoms with Gasteiger partial charge in [0.15, 0.2) is 5.82 Å². The van der Waals surface area contributed by atoms with E-state index in [1.165, 1.54) is 11.0 Å². The lowest BCUT2D eigenvalue weighted by Gasteiger charge is -2.16. The summed E-state index contributed by atoms with van der Waals surface area (Å²) in [5, 5.41) is 11.2. The van der Waals surface area contributed by atoms with Crippen LogP contribution in [0.2, 0.25) is 0 Å². The lowest BCUT2D eigenvalue weighted by molar-refractivity contribution is -0.117. The van der Waals surface area contributed by atoms with E-state index >= 15 is 0 Å². The maximum absolute atomic E-state index is 14.1. The van der Waals surface area contributed by atoms with Crippen LogP contribution in [0.5, 0.6) is 0 Å². The van der Waals surface area contributed by atoms with Gasteiger partial charge in [-0.3, -0.25) is 9.89 Å². The van der Waals surface area contributed by atoms with Crippen molar-refractivity contribution in [2.24, 2.45) is 0 Å². The van der Waals surface area contributed by atoms with Crippen LogP contribution in [-0.2, 0) is 4.79 Å². The quantitative estimate of drug-likeness (QED) is 0.574. The van der Waals surface area contributed by atoms with Gasteiger partial charge >= 0.3 is 0 Å². The molecule has 1 atom stereocenters. The second-order valence-corrected chi connectivity index (χ2v) is 6.85. The number of hydrogen-bond acceptors (Lipinski definition) is 5. The number of aromatic nitrogens is 4. The van der Waals surface area contributed by atoms with E-state index in [1.807, 2.05) is 36.4 Å². The summed E-state index contributed by atoms with van der Waals surface area (Å²) in [6, 6.07) is 17.8. The number of nitrogens with one attached hydrogen (secondary N) is 1. The molecule has 0 saturated carbocycles. The first-order valence-electron chi connectivity index (χ1n) is 9.19. The first-order chi connectivity index (χ1) is 14.2. The van der Waals surface area contributed by atoms with Gasteiger partial charge in [0.25, 0.3) is 5.89 Å². The molecule has 1 unspecified atom stereocenters. The summed E-state index contributed by atoms with van der Waals surface area (Å²) in [6.07, 6.45) is 0.200. The molecule has 1 aliphatic heterocycles. The van der Waals surface area contributed by atoms with Gasteiger partial charge in [-0.1, -0.05) is 47.6 Å². The molecule has 3 heterocycles. The Hall–Kier alpha value is -3.81. The number of aromatic amines is 1. The van der Waals surface area contributed by atoms with E-state index < -0.39 is 5.82 Å². The van der Waals surface area contributed by atoms with Gasteiger partial charge < -0.3 is 9.42 Å². The third-order valence-corrected chi connectivity index (χ3v) is 4.95. The Bertz CT molecular complexity index is 1170. The minimum Gasteiger partial charge on any atom is -0.332 e. The number of rotatable bonds is 4. The summed E-state index contributed by atoms with van der Waals surface area (Å²) in [5.74, 6) is -0.147. The first-order valence-corrected chi connectivity index (χ1v) is 9.19. The van der Waals surface area contributed by atoms with Crippen LogP contribution in [0.1, 0.15) is 18.2 Å². The first kappa shape index (κ1) is 17.3. The highest BCUT2D eigenvalue weighted by molar-refractivity contribution is 5.96. The molecule has 0 aliphatic carbocycles. The van der Waals surface area contributed by atoms with Gasteiger partial charge in [-0.05, 0) is 18.2 Å². The Morgan fingerprint density at radius 2 is 1.90 bits per heavy atom. The summed E-state index contributed by atoms with van der Waals surface area (Å²) in [7, 11) is 0. The number of nitrogens with zero attached hydrogens (tertiary/aromatic N) is 4. The van der Waals surface area contributed by atoms with E-state index in [2.05, 4.69) is 20.3 Å². The predicted molar refractivity (Wildman–Crippen MR) is 103 cm³/mol. The topological polar surface area (TPSA) is 87.9 Å². The molecule has 1 fully saturated rings. The zero-order valence-electron chi connectivity index (χ0n) is 15.2. The van der Waals surface area contributed by atoms with E-state index in [0.717, 1.165) is 11.3 Å². The fourth-order valence-electron chi connectivity index (χ4n) is 3.48. The lowest BCUT2D eigenvalue weighted by atomic mass is 10.1. The molecule has 1 amide bonds. The SMILES string of the molecule is O=C1CC(c2noc(-c3cc(-c4ccccc4)n[nH]3)n2)CN1c1ccccc1F. The molecule has 8 heteroatoms. The number of amides is 1. The van der Waals surface area contributed by atoms with Gasteiger partial charge in [-0.25, -0.2) is 4.39 Å². The number of benzene rings is 2. The van der Waals surface area contributed by atoms with Gasteiger partial charge in [-0.15, -0.1) is 0 Å². The van der Waals surface area contributed by atoms with E-state index in [-0.39, 0.29) is 23.9 Å². The second kappa shape index (κ2) is 6.97. The lowest BCUT2D eigenvalue weighted by Crippen LogP contribution is -2.25. The predicted octanol–water partition coefficient (Wildman–Crippen LogP) is 3.79. The van der Waals surface area contributed by atoms with E-state index in [0.29, 0.717) is 24.0 Å². The zero-order valence-corrected chi connectivity index (χ0v) is 15.2. The molecular weight excluding hydrogens is 373 g/mol. The highest BCUT2D eigenvalue weighted by Crippen LogP contribution is 2.32. The second-order valence-electron chi connectivity index (χ2n) is 6.85. The van der Waals surface area contributed by atoms with Gasteiger partial charge in [0.2, 0.25) is 5.91 Å². The molecule has 1 saturated heterocycles. The number of hydrogen-bond donors (Lipinski definition) is 1. The van der Waals surface area contributed by atoms with Crippen molar-refractivity contribution < 1.29 is 13.7 Å². The third kappa shape index (κ3) is 3.18. The third-order valence-electron chi connectivity index (χ3n) is 4.95. The Labute approximate surface area is 165 Å². The van der Waals surface area contributed by atoms with Gasteiger partial charge in [0.1, 0.15) is 11.5 Å². The molecule has 0 spiro atoms. The average molecular weight is 389 g/mol. The van der Waals surface area contributed by atoms with Gasteiger partial charge in [0.05, 0.1) is 11.4 Å². The van der Waals surface area contributed by atoms with Crippen molar-refractivity contribution in [3.63, 3.8) is 0 Å². The fourth-order valence-corrected chi connectivity index (χ4v) is 3.48. The normalized spacial score (nSPS) is 16.5. The number of carbonyl (C=O) groups is 1. The Morgan fingerprint density at radius 1 is 1.10 bits per heavy atom. The molecule has 7 nitrogen and oxygen atoms in total. The number of halogens is 1. The minimum absolute atomic E-state index is 0.167. The summed E-state index contributed by atoms with van der Waals surface area (Å²) >= 11 is 0. The molecule has 2 aromatic carbocycles. The molecule has 29 heavy (non-hydrogen) atoms. The summed E-state index contributed by atoms with van der Waals surface area (Å²) in [5.41, 5.74) is 2.60. The van der Waals surface area contributed by atoms with E-state index in [4.69, 9.17) is 4.52 Å². The van der Waals surface area contributed by atoms with Crippen LogP contribution in [0, 0.1) is 5.82 Å². The number of H-pyrrole nitrogens is 1. The highest BCUT2D eigenvalue weighted by Gasteiger charge is 2.35. The smallest absolute Gasteiger partial charge is 0.275 e. The zero-order chi connectivity index (χ0) is 19.8. The number of para-hydroxylation sites is 1. The molecular formula is C21H16FN5O2. The van der Waals surface area contributed by atoms with Crippen LogP contribution >= 0.6 is 0 Å². The van der Waals surface area contributed by atoms with Crippen LogP contribution in [-0.4, -0.2) is 32.8 Å². The van der Waals surface area contributed by atoms with Crippen molar-refractivity contribution in [3.8, 4) is 22.8 Å². The number of anilines is 1. The van der Waals surface area contributed by atoms with Crippen molar-refractivity contribution in [2.45, 2.75) is 12.3 Å². The summed E-state index contributed by atoms with van der Waals surface area (Å²) in [6.45, 7) is 0.303. The number of carbonyl (C=O) groups excluding carboxylic acids is 1. The average Bonchev–Trinajstić information content (AvgIpc) is 3.48. The molecule has 0 radical (unpaired) electrons. The molecule has 2 aromatic heterocycles. The summed E-state index contributed by atoms with van der Waals surface area (Å²) in [4.78, 5) is 18.3. The van der Waals surface area contributed by atoms with Crippen molar-refractivity contribution in [1.82, 2.24) is 20.3 Å². The molecule has 1 N–H and O–H groups in total. The highest BCUT2D eigenvalue weighted by atomic mass is 19.1. The van der Waals surface area contributed by atoms with Crippen molar-refractivity contribution in [2.75, 3.05) is 11.4 Å². The van der Waals surface area contributed by atoms with Gasteiger partial charge in [-0.2, -0.15) is 10.1 Å². The summed E-state index contributed by atoms with van der Waals surface area (Å²) < 4.78 is 19.4. The standard InChI is InChI=1S/C21H16FN5O2/c22-15-8-4-5-9-18(15)27-12-14(10-19(27)28)20-23-21(29-26-20)17-11-16(24-25-17)13-6-2-1-3-7-13/h1-9,11,14H,10,12H2,(H,24,25). The van der Waals surface area contributed by atoms with Crippen molar-refractivity contribution in [1.29, 1.82) is 0 Å². The maximum atomic E-state index is 14.1. The molecule has 5 rings (SSSR count). The van der Waals surface area contributed by atoms with Crippen LogP contribution in [0.25, 0.3) is 22.8 Å². The van der Waals surface area contributed by atoms with E-state index in [1.54, 1.807) is 18.2 Å². The molecule has 144 valence electrons. The minimum atomic E-state index is -0.429. The van der Waals surface area contributed by atoms with Crippen LogP contribution in [0.15, 0.2) is 65.2 Å².